The van der Waals surface area contributed by atoms with Gasteiger partial charge in [-0.1, -0.05) is 24.3 Å². The maximum absolute atomic E-state index is 13.2. The minimum absolute atomic E-state index is 0.0235. The molecule has 1 aromatic carbocycles. The van der Waals surface area contributed by atoms with Crippen molar-refractivity contribution in [2.24, 2.45) is 0 Å². The maximum atomic E-state index is 13.2. The first-order chi connectivity index (χ1) is 11.8. The monoisotopic (exact) mass is 337 g/mol. The standard InChI is InChI=1S/C19H16FN3S/c20-15-8-6-14(7-9-15)19(17-4-3-11-24-17)21-12-16-13-23-10-2-1-5-18(23)22-16/h1-11,13,19,21H,12H2. The van der Waals surface area contributed by atoms with Crippen LogP contribution in [0, 0.1) is 5.82 Å². The van der Waals surface area contributed by atoms with E-state index in [0.717, 1.165) is 16.9 Å². The Morgan fingerprint density at radius 1 is 1.08 bits per heavy atom. The zero-order valence-corrected chi connectivity index (χ0v) is 13.7. The van der Waals surface area contributed by atoms with E-state index < -0.39 is 0 Å². The van der Waals surface area contributed by atoms with Gasteiger partial charge in [0.05, 0.1) is 11.7 Å². The summed E-state index contributed by atoms with van der Waals surface area (Å²) in [7, 11) is 0. The van der Waals surface area contributed by atoms with Crippen molar-refractivity contribution in [2.45, 2.75) is 12.6 Å². The second-order valence-electron chi connectivity index (χ2n) is 5.58. The van der Waals surface area contributed by atoms with Gasteiger partial charge in [-0.05, 0) is 41.3 Å². The molecule has 0 amide bonds. The van der Waals surface area contributed by atoms with Crippen molar-refractivity contribution < 1.29 is 4.39 Å². The normalized spacial score (nSPS) is 12.5. The van der Waals surface area contributed by atoms with E-state index in [0.29, 0.717) is 6.54 Å². The predicted molar refractivity (Wildman–Crippen MR) is 94.6 cm³/mol. The minimum Gasteiger partial charge on any atom is -0.307 e. The van der Waals surface area contributed by atoms with E-state index in [-0.39, 0.29) is 11.9 Å². The molecule has 24 heavy (non-hydrogen) atoms. The Bertz CT molecular complexity index is 896. The first-order valence-electron chi connectivity index (χ1n) is 7.74. The van der Waals surface area contributed by atoms with Crippen molar-refractivity contribution in [1.82, 2.24) is 14.7 Å². The Morgan fingerprint density at radius 2 is 1.96 bits per heavy atom. The third-order valence-corrected chi connectivity index (χ3v) is 4.87. The van der Waals surface area contributed by atoms with Crippen molar-refractivity contribution in [3.05, 3.63) is 94.3 Å². The van der Waals surface area contributed by atoms with Crippen LogP contribution in [0.5, 0.6) is 0 Å². The summed E-state index contributed by atoms with van der Waals surface area (Å²) in [6.45, 7) is 0.640. The molecule has 0 saturated carbocycles. The largest absolute Gasteiger partial charge is 0.307 e. The van der Waals surface area contributed by atoms with Crippen LogP contribution in [0.1, 0.15) is 22.2 Å². The van der Waals surface area contributed by atoms with Crippen LogP contribution in [0.15, 0.2) is 72.4 Å². The molecule has 0 fully saturated rings. The SMILES string of the molecule is Fc1ccc(C(NCc2cn3ccccc3n2)c2cccs2)cc1. The van der Waals surface area contributed by atoms with E-state index in [4.69, 9.17) is 0 Å². The van der Waals surface area contributed by atoms with Crippen molar-refractivity contribution in [3.8, 4) is 0 Å². The fourth-order valence-corrected chi connectivity index (χ4v) is 3.60. The Hall–Kier alpha value is -2.50. The van der Waals surface area contributed by atoms with Gasteiger partial charge >= 0.3 is 0 Å². The molecule has 3 aromatic heterocycles. The molecule has 0 aliphatic rings. The van der Waals surface area contributed by atoms with Gasteiger partial charge < -0.3 is 4.40 Å². The third kappa shape index (κ3) is 3.09. The molecule has 1 N–H and O–H groups in total. The number of hydrogen-bond donors (Lipinski definition) is 1. The molecule has 0 aliphatic carbocycles. The number of rotatable bonds is 5. The third-order valence-electron chi connectivity index (χ3n) is 3.93. The highest BCUT2D eigenvalue weighted by atomic mass is 32.1. The highest BCUT2D eigenvalue weighted by Gasteiger charge is 2.15. The average molecular weight is 337 g/mol. The summed E-state index contributed by atoms with van der Waals surface area (Å²) < 4.78 is 15.2. The molecule has 0 spiro atoms. The van der Waals surface area contributed by atoms with Crippen LogP contribution in [-0.2, 0) is 6.54 Å². The fraction of sp³-hybridized carbons (Fsp3) is 0.105. The molecule has 1 atom stereocenters. The molecule has 5 heteroatoms. The smallest absolute Gasteiger partial charge is 0.137 e. The van der Waals surface area contributed by atoms with E-state index >= 15 is 0 Å². The van der Waals surface area contributed by atoms with Crippen LogP contribution in [0.25, 0.3) is 5.65 Å². The summed E-state index contributed by atoms with van der Waals surface area (Å²) in [5.74, 6) is -0.218. The Morgan fingerprint density at radius 3 is 2.71 bits per heavy atom. The topological polar surface area (TPSA) is 29.3 Å². The number of thiophene rings is 1. The predicted octanol–water partition coefficient (Wildman–Crippen LogP) is 4.41. The second kappa shape index (κ2) is 6.55. The molecular formula is C19H16FN3S. The molecule has 0 aliphatic heterocycles. The van der Waals surface area contributed by atoms with Crippen molar-refractivity contribution in [2.75, 3.05) is 0 Å². The van der Waals surface area contributed by atoms with E-state index in [1.54, 1.807) is 11.3 Å². The molecule has 4 rings (SSSR count). The van der Waals surface area contributed by atoms with Crippen molar-refractivity contribution >= 4 is 17.0 Å². The summed E-state index contributed by atoms with van der Waals surface area (Å²) in [4.78, 5) is 5.82. The van der Waals surface area contributed by atoms with Crippen molar-refractivity contribution in [3.63, 3.8) is 0 Å². The number of nitrogens with one attached hydrogen (secondary N) is 1. The van der Waals surface area contributed by atoms with E-state index in [9.17, 15) is 4.39 Å². The summed E-state index contributed by atoms with van der Waals surface area (Å²) in [6, 6.07) is 16.8. The number of benzene rings is 1. The second-order valence-corrected chi connectivity index (χ2v) is 6.56. The van der Waals surface area contributed by atoms with Crippen LogP contribution in [0.2, 0.25) is 0 Å². The summed E-state index contributed by atoms with van der Waals surface area (Å²) in [6.07, 6.45) is 4.01. The van der Waals surface area contributed by atoms with Gasteiger partial charge in [0.1, 0.15) is 11.5 Å². The van der Waals surface area contributed by atoms with Gasteiger partial charge in [-0.15, -0.1) is 11.3 Å². The van der Waals surface area contributed by atoms with Crippen LogP contribution in [0.4, 0.5) is 4.39 Å². The number of imidazole rings is 1. The molecule has 3 nitrogen and oxygen atoms in total. The highest BCUT2D eigenvalue weighted by molar-refractivity contribution is 7.10. The lowest BCUT2D eigenvalue weighted by molar-refractivity contribution is 0.599. The van der Waals surface area contributed by atoms with Crippen LogP contribution < -0.4 is 5.32 Å². The lowest BCUT2D eigenvalue weighted by Gasteiger charge is -2.17. The molecule has 120 valence electrons. The van der Waals surface area contributed by atoms with Crippen molar-refractivity contribution in [1.29, 1.82) is 0 Å². The number of aromatic nitrogens is 2. The number of pyridine rings is 1. The molecule has 1 unspecified atom stereocenters. The quantitative estimate of drug-likeness (QED) is 0.584. The molecule has 0 radical (unpaired) electrons. The van der Waals surface area contributed by atoms with Gasteiger partial charge in [-0.3, -0.25) is 5.32 Å². The zero-order chi connectivity index (χ0) is 16.4. The first-order valence-corrected chi connectivity index (χ1v) is 8.62. The Kier molecular flexibility index (Phi) is 4.11. The number of fused-ring (bicyclic) bond motifs is 1. The summed E-state index contributed by atoms with van der Waals surface area (Å²) in [5, 5.41) is 5.60. The Balaban J connectivity index is 1.58. The van der Waals surface area contributed by atoms with Crippen LogP contribution >= 0.6 is 11.3 Å². The summed E-state index contributed by atoms with van der Waals surface area (Å²) in [5.41, 5.74) is 2.95. The number of hydrogen-bond acceptors (Lipinski definition) is 3. The van der Waals surface area contributed by atoms with Gasteiger partial charge in [0, 0.05) is 23.8 Å². The highest BCUT2D eigenvalue weighted by Crippen LogP contribution is 2.26. The van der Waals surface area contributed by atoms with Crippen LogP contribution in [0.3, 0.4) is 0 Å². The lowest BCUT2D eigenvalue weighted by Crippen LogP contribution is -2.21. The molecule has 3 heterocycles. The Labute approximate surface area is 143 Å². The van der Waals surface area contributed by atoms with E-state index in [1.807, 2.05) is 53.2 Å². The molecule has 0 bridgehead atoms. The minimum atomic E-state index is -0.218. The lowest BCUT2D eigenvalue weighted by atomic mass is 10.1. The van der Waals surface area contributed by atoms with Gasteiger partial charge in [0.25, 0.3) is 0 Å². The number of nitrogens with zero attached hydrogens (tertiary/aromatic N) is 2. The zero-order valence-electron chi connectivity index (χ0n) is 12.9. The van der Waals surface area contributed by atoms with Gasteiger partial charge in [0.2, 0.25) is 0 Å². The number of halogens is 1. The van der Waals surface area contributed by atoms with Gasteiger partial charge in [-0.25, -0.2) is 9.37 Å². The first kappa shape index (κ1) is 15.1. The molecule has 4 aromatic rings. The van der Waals surface area contributed by atoms with E-state index in [1.165, 1.54) is 17.0 Å². The van der Waals surface area contributed by atoms with Gasteiger partial charge in [0.15, 0.2) is 0 Å². The molecular weight excluding hydrogens is 321 g/mol. The van der Waals surface area contributed by atoms with E-state index in [2.05, 4.69) is 21.7 Å². The van der Waals surface area contributed by atoms with Gasteiger partial charge in [-0.2, -0.15) is 0 Å². The summed E-state index contributed by atoms with van der Waals surface area (Å²) >= 11 is 1.69. The molecule has 0 saturated heterocycles. The fourth-order valence-electron chi connectivity index (χ4n) is 2.77. The maximum Gasteiger partial charge on any atom is 0.137 e. The average Bonchev–Trinajstić information content (AvgIpc) is 3.26. The van der Waals surface area contributed by atoms with Crippen LogP contribution in [-0.4, -0.2) is 9.38 Å².